The quantitative estimate of drug-likeness (QED) is 0.643. The molecule has 0 amide bonds. The van der Waals surface area contributed by atoms with Crippen molar-refractivity contribution in [1.29, 1.82) is 0 Å². The van der Waals surface area contributed by atoms with Crippen LogP contribution in [-0.2, 0) is 0 Å². The Morgan fingerprint density at radius 2 is 1.81 bits per heavy atom. The molecule has 1 heterocycles. The number of nitrogens with one attached hydrogen (secondary N) is 1. The van der Waals surface area contributed by atoms with Crippen LogP contribution >= 0.6 is 0 Å². The number of aromatic nitrogens is 2. The number of ether oxygens (including phenoxy) is 2. The molecule has 0 aliphatic heterocycles. The van der Waals surface area contributed by atoms with Gasteiger partial charge >= 0.3 is 0 Å². The standard InChI is InChI=1S/C15H20N4O2/c1-9-5-6-11(15(21-4)10(9)2)14(17-16)12-7-8-13(20-3)19-18-12/h5-8,14,17H,16H2,1-4H3. The lowest BCUT2D eigenvalue weighted by Gasteiger charge is -2.20. The van der Waals surface area contributed by atoms with Crippen molar-refractivity contribution < 1.29 is 9.47 Å². The van der Waals surface area contributed by atoms with Crippen molar-refractivity contribution in [3.05, 3.63) is 46.6 Å². The van der Waals surface area contributed by atoms with E-state index in [2.05, 4.69) is 15.6 Å². The fourth-order valence-electron chi connectivity index (χ4n) is 2.24. The van der Waals surface area contributed by atoms with E-state index >= 15 is 0 Å². The lowest BCUT2D eigenvalue weighted by molar-refractivity contribution is 0.388. The molecule has 0 saturated carbocycles. The number of rotatable bonds is 5. The summed E-state index contributed by atoms with van der Waals surface area (Å²) in [4.78, 5) is 0. The van der Waals surface area contributed by atoms with E-state index in [0.717, 1.165) is 22.4 Å². The van der Waals surface area contributed by atoms with E-state index in [1.54, 1.807) is 20.3 Å². The number of methoxy groups -OCH3 is 2. The monoisotopic (exact) mass is 288 g/mol. The molecule has 2 rings (SSSR count). The van der Waals surface area contributed by atoms with E-state index < -0.39 is 0 Å². The average Bonchev–Trinajstić information content (AvgIpc) is 2.52. The summed E-state index contributed by atoms with van der Waals surface area (Å²) >= 11 is 0. The van der Waals surface area contributed by atoms with Crippen molar-refractivity contribution in [2.75, 3.05) is 14.2 Å². The van der Waals surface area contributed by atoms with Crippen LogP contribution in [0.3, 0.4) is 0 Å². The molecule has 3 N–H and O–H groups in total. The third-order valence-electron chi connectivity index (χ3n) is 3.55. The van der Waals surface area contributed by atoms with Gasteiger partial charge in [-0.2, -0.15) is 0 Å². The van der Waals surface area contributed by atoms with Crippen LogP contribution < -0.4 is 20.7 Å². The van der Waals surface area contributed by atoms with Gasteiger partial charge in [-0.1, -0.05) is 12.1 Å². The molecule has 0 aliphatic carbocycles. The highest BCUT2D eigenvalue weighted by Crippen LogP contribution is 2.33. The summed E-state index contributed by atoms with van der Waals surface area (Å²) in [6.45, 7) is 4.06. The average molecular weight is 288 g/mol. The summed E-state index contributed by atoms with van der Waals surface area (Å²) in [5, 5.41) is 8.13. The third kappa shape index (κ3) is 2.96. The second-order valence-electron chi connectivity index (χ2n) is 4.73. The minimum absolute atomic E-state index is 0.308. The molecule has 0 bridgehead atoms. The zero-order valence-corrected chi connectivity index (χ0v) is 12.7. The molecule has 0 saturated heterocycles. The predicted molar refractivity (Wildman–Crippen MR) is 80.2 cm³/mol. The van der Waals surface area contributed by atoms with Crippen molar-refractivity contribution in [1.82, 2.24) is 15.6 Å². The Bertz CT molecular complexity index is 614. The first-order chi connectivity index (χ1) is 10.1. The molecule has 0 spiro atoms. The predicted octanol–water partition coefficient (Wildman–Crippen LogP) is 1.66. The first-order valence-corrected chi connectivity index (χ1v) is 6.60. The van der Waals surface area contributed by atoms with Crippen molar-refractivity contribution >= 4 is 0 Å². The largest absolute Gasteiger partial charge is 0.496 e. The van der Waals surface area contributed by atoms with E-state index in [0.29, 0.717) is 11.6 Å². The smallest absolute Gasteiger partial charge is 0.233 e. The maximum Gasteiger partial charge on any atom is 0.233 e. The van der Waals surface area contributed by atoms with Gasteiger partial charge in [0.05, 0.1) is 26.0 Å². The number of hydrogen-bond acceptors (Lipinski definition) is 6. The second kappa shape index (κ2) is 6.51. The van der Waals surface area contributed by atoms with Gasteiger partial charge in [0.25, 0.3) is 0 Å². The van der Waals surface area contributed by atoms with Gasteiger partial charge in [0.15, 0.2) is 0 Å². The van der Waals surface area contributed by atoms with Crippen LogP contribution in [0.1, 0.15) is 28.4 Å². The molecular weight excluding hydrogens is 268 g/mol. The molecule has 6 heteroatoms. The van der Waals surface area contributed by atoms with Crippen molar-refractivity contribution in [2.24, 2.45) is 5.84 Å². The fraction of sp³-hybridized carbons (Fsp3) is 0.333. The first-order valence-electron chi connectivity index (χ1n) is 6.60. The molecule has 2 aromatic rings. The molecule has 0 fully saturated rings. The molecule has 1 aromatic heterocycles. The van der Waals surface area contributed by atoms with Gasteiger partial charge in [0, 0.05) is 11.6 Å². The Kier molecular flexibility index (Phi) is 4.72. The van der Waals surface area contributed by atoms with Gasteiger partial charge in [-0.25, -0.2) is 5.43 Å². The highest BCUT2D eigenvalue weighted by Gasteiger charge is 2.20. The summed E-state index contributed by atoms with van der Waals surface area (Å²) in [5.74, 6) is 6.98. The summed E-state index contributed by atoms with van der Waals surface area (Å²) in [6, 6.07) is 7.29. The number of nitrogens with zero attached hydrogens (tertiary/aromatic N) is 2. The topological polar surface area (TPSA) is 82.3 Å². The van der Waals surface area contributed by atoms with Crippen LogP contribution in [0, 0.1) is 13.8 Å². The van der Waals surface area contributed by atoms with Crippen LogP contribution in [0.4, 0.5) is 0 Å². The number of benzene rings is 1. The van der Waals surface area contributed by atoms with E-state index in [1.807, 2.05) is 32.0 Å². The van der Waals surface area contributed by atoms with Crippen molar-refractivity contribution in [3.8, 4) is 11.6 Å². The van der Waals surface area contributed by atoms with Gasteiger partial charge in [0.2, 0.25) is 5.88 Å². The Balaban J connectivity index is 2.48. The summed E-state index contributed by atoms with van der Waals surface area (Å²) in [6.07, 6.45) is 0. The maximum absolute atomic E-state index is 5.71. The Labute approximate surface area is 124 Å². The number of hydrazine groups is 1. The Morgan fingerprint density at radius 1 is 1.05 bits per heavy atom. The molecule has 6 nitrogen and oxygen atoms in total. The SMILES string of the molecule is COc1ccc(C(NN)c2ccc(C)c(C)c2OC)nn1. The highest BCUT2D eigenvalue weighted by atomic mass is 16.5. The number of nitrogens with two attached hydrogens (primary N) is 1. The molecule has 0 aliphatic rings. The van der Waals surface area contributed by atoms with Crippen LogP contribution in [0.25, 0.3) is 0 Å². The minimum atomic E-state index is -0.308. The normalized spacial score (nSPS) is 12.0. The third-order valence-corrected chi connectivity index (χ3v) is 3.55. The Morgan fingerprint density at radius 3 is 2.33 bits per heavy atom. The van der Waals surface area contributed by atoms with Crippen LogP contribution in [0.2, 0.25) is 0 Å². The lowest BCUT2D eigenvalue weighted by Crippen LogP contribution is -2.30. The van der Waals surface area contributed by atoms with Crippen LogP contribution in [0.15, 0.2) is 24.3 Å². The van der Waals surface area contributed by atoms with Crippen molar-refractivity contribution in [3.63, 3.8) is 0 Å². The molecule has 112 valence electrons. The van der Waals surface area contributed by atoms with Gasteiger partial charge in [-0.15, -0.1) is 10.2 Å². The number of aryl methyl sites for hydroxylation is 1. The fourth-order valence-corrected chi connectivity index (χ4v) is 2.24. The van der Waals surface area contributed by atoms with E-state index in [1.165, 1.54) is 0 Å². The number of hydrogen-bond donors (Lipinski definition) is 2. The first kappa shape index (κ1) is 15.2. The molecule has 21 heavy (non-hydrogen) atoms. The zero-order valence-electron chi connectivity index (χ0n) is 12.7. The van der Waals surface area contributed by atoms with E-state index in [4.69, 9.17) is 15.3 Å². The van der Waals surface area contributed by atoms with Crippen LogP contribution in [-0.4, -0.2) is 24.4 Å². The molecule has 0 radical (unpaired) electrons. The van der Waals surface area contributed by atoms with Gasteiger partial charge < -0.3 is 9.47 Å². The molecule has 1 atom stereocenters. The lowest BCUT2D eigenvalue weighted by atomic mass is 9.97. The summed E-state index contributed by atoms with van der Waals surface area (Å²) in [7, 11) is 3.20. The molecular formula is C15H20N4O2. The maximum atomic E-state index is 5.71. The second-order valence-corrected chi connectivity index (χ2v) is 4.73. The molecule has 1 unspecified atom stereocenters. The van der Waals surface area contributed by atoms with Crippen LogP contribution in [0.5, 0.6) is 11.6 Å². The Hall–Kier alpha value is -2.18. The van der Waals surface area contributed by atoms with Gasteiger partial charge in [0.1, 0.15) is 5.75 Å². The zero-order chi connectivity index (χ0) is 15.4. The molecule has 1 aromatic carbocycles. The van der Waals surface area contributed by atoms with E-state index in [9.17, 15) is 0 Å². The minimum Gasteiger partial charge on any atom is -0.496 e. The van der Waals surface area contributed by atoms with Gasteiger partial charge in [-0.05, 0) is 31.0 Å². The summed E-state index contributed by atoms with van der Waals surface area (Å²) in [5.41, 5.74) is 6.62. The summed E-state index contributed by atoms with van der Waals surface area (Å²) < 4.78 is 10.6. The van der Waals surface area contributed by atoms with E-state index in [-0.39, 0.29) is 6.04 Å². The van der Waals surface area contributed by atoms with Gasteiger partial charge in [-0.3, -0.25) is 5.84 Å². The highest BCUT2D eigenvalue weighted by molar-refractivity contribution is 5.48. The van der Waals surface area contributed by atoms with Crippen molar-refractivity contribution in [2.45, 2.75) is 19.9 Å².